The largest absolute Gasteiger partial charge is 0.497 e. The Kier molecular flexibility index (Phi) is 7.34. The minimum absolute atomic E-state index is 0.0433. The number of nitrogens with zero attached hydrogens (tertiary/aromatic N) is 2. The van der Waals surface area contributed by atoms with Crippen molar-refractivity contribution in [3.05, 3.63) is 23.2 Å². The summed E-state index contributed by atoms with van der Waals surface area (Å²) in [7, 11) is 3.06. The molecule has 0 fully saturated rings. The van der Waals surface area contributed by atoms with Gasteiger partial charge in [0.1, 0.15) is 16.5 Å². The van der Waals surface area contributed by atoms with Crippen LogP contribution in [0.5, 0.6) is 11.5 Å². The molecule has 0 spiro atoms. The van der Waals surface area contributed by atoms with Gasteiger partial charge in [-0.1, -0.05) is 18.3 Å². The lowest BCUT2D eigenvalue weighted by molar-refractivity contribution is -0.121. The molecular formula is C17H22N4O4S. The van der Waals surface area contributed by atoms with Gasteiger partial charge in [-0.25, -0.2) is 0 Å². The summed E-state index contributed by atoms with van der Waals surface area (Å²) in [6.07, 6.45) is 1.89. The molecule has 9 heteroatoms. The number of amides is 2. The third kappa shape index (κ3) is 5.69. The zero-order valence-electron chi connectivity index (χ0n) is 15.0. The Morgan fingerprint density at radius 2 is 1.81 bits per heavy atom. The van der Waals surface area contributed by atoms with E-state index in [1.807, 2.05) is 0 Å². The number of benzene rings is 1. The van der Waals surface area contributed by atoms with Crippen molar-refractivity contribution in [2.45, 2.75) is 32.6 Å². The summed E-state index contributed by atoms with van der Waals surface area (Å²) in [5, 5.41) is 14.6. The molecule has 8 nitrogen and oxygen atoms in total. The summed E-state index contributed by atoms with van der Waals surface area (Å²) < 4.78 is 10.3. The average Bonchev–Trinajstić information content (AvgIpc) is 3.07. The zero-order valence-corrected chi connectivity index (χ0v) is 15.8. The van der Waals surface area contributed by atoms with E-state index in [0.717, 1.165) is 17.8 Å². The van der Waals surface area contributed by atoms with Gasteiger partial charge in [-0.2, -0.15) is 0 Å². The Morgan fingerprint density at radius 1 is 1.08 bits per heavy atom. The molecule has 0 saturated heterocycles. The molecule has 1 heterocycles. The second-order valence-corrected chi connectivity index (χ2v) is 6.48. The standard InChI is InChI=1S/C17H22N4O4S/c1-4-5-16-20-21-17(26-16)19-15(23)9-8-14(22)18-12-7-6-11(24-2)10-13(12)25-3/h6-7,10H,4-5,8-9H2,1-3H3,(H,18,22)(H,19,21,23). The first-order valence-corrected chi connectivity index (χ1v) is 9.01. The highest BCUT2D eigenvalue weighted by Gasteiger charge is 2.12. The molecular weight excluding hydrogens is 356 g/mol. The van der Waals surface area contributed by atoms with Crippen molar-refractivity contribution in [3.63, 3.8) is 0 Å². The summed E-state index contributed by atoms with van der Waals surface area (Å²) in [6, 6.07) is 5.08. The van der Waals surface area contributed by atoms with Gasteiger partial charge in [0.2, 0.25) is 16.9 Å². The molecule has 2 N–H and O–H groups in total. The van der Waals surface area contributed by atoms with Gasteiger partial charge in [0.15, 0.2) is 0 Å². The van der Waals surface area contributed by atoms with E-state index in [9.17, 15) is 9.59 Å². The van der Waals surface area contributed by atoms with E-state index < -0.39 is 0 Å². The molecule has 2 aromatic rings. The molecule has 140 valence electrons. The molecule has 0 aliphatic carbocycles. The Balaban J connectivity index is 1.83. The van der Waals surface area contributed by atoms with Crippen molar-refractivity contribution in [1.82, 2.24) is 10.2 Å². The first-order chi connectivity index (χ1) is 12.5. The van der Waals surface area contributed by atoms with E-state index in [1.165, 1.54) is 18.4 Å². The molecule has 0 aliphatic heterocycles. The Bertz CT molecular complexity index is 763. The van der Waals surface area contributed by atoms with Crippen molar-refractivity contribution in [2.24, 2.45) is 0 Å². The lowest BCUT2D eigenvalue weighted by Crippen LogP contribution is -2.17. The van der Waals surface area contributed by atoms with Crippen LogP contribution in [0.1, 0.15) is 31.2 Å². The molecule has 2 amide bonds. The fourth-order valence-corrected chi connectivity index (χ4v) is 3.00. The summed E-state index contributed by atoms with van der Waals surface area (Å²) in [5.74, 6) is 0.548. The van der Waals surface area contributed by atoms with Crippen molar-refractivity contribution >= 4 is 34.0 Å². The molecule has 26 heavy (non-hydrogen) atoms. The van der Waals surface area contributed by atoms with E-state index in [1.54, 1.807) is 25.3 Å². The number of methoxy groups -OCH3 is 2. The van der Waals surface area contributed by atoms with Crippen LogP contribution in [-0.2, 0) is 16.0 Å². The van der Waals surface area contributed by atoms with Gasteiger partial charge in [-0.05, 0) is 18.6 Å². The smallest absolute Gasteiger partial charge is 0.226 e. The average molecular weight is 378 g/mol. The van der Waals surface area contributed by atoms with Crippen molar-refractivity contribution in [2.75, 3.05) is 24.9 Å². The normalized spacial score (nSPS) is 10.3. The van der Waals surface area contributed by atoms with Crippen LogP contribution in [0.2, 0.25) is 0 Å². The summed E-state index contributed by atoms with van der Waals surface area (Å²) >= 11 is 1.35. The molecule has 1 aromatic heterocycles. The Labute approximate surface area is 155 Å². The monoisotopic (exact) mass is 378 g/mol. The molecule has 0 bridgehead atoms. The van der Waals surface area contributed by atoms with Crippen molar-refractivity contribution in [3.8, 4) is 11.5 Å². The molecule has 2 rings (SSSR count). The molecule has 0 aliphatic rings. The first kappa shape index (κ1) is 19.6. The summed E-state index contributed by atoms with van der Waals surface area (Å²) in [4.78, 5) is 24.0. The van der Waals surface area contributed by atoms with Gasteiger partial charge in [-0.3, -0.25) is 9.59 Å². The van der Waals surface area contributed by atoms with Crippen molar-refractivity contribution < 1.29 is 19.1 Å². The fourth-order valence-electron chi connectivity index (χ4n) is 2.14. The maximum Gasteiger partial charge on any atom is 0.226 e. The van der Waals surface area contributed by atoms with E-state index >= 15 is 0 Å². The van der Waals surface area contributed by atoms with Crippen LogP contribution in [0.15, 0.2) is 18.2 Å². The number of carbonyl (C=O) groups is 2. The van der Waals surface area contributed by atoms with Crippen LogP contribution in [-0.4, -0.2) is 36.2 Å². The highest BCUT2D eigenvalue weighted by atomic mass is 32.1. The van der Waals surface area contributed by atoms with Crippen LogP contribution in [0.3, 0.4) is 0 Å². The summed E-state index contributed by atoms with van der Waals surface area (Å²) in [6.45, 7) is 2.05. The number of hydrogen-bond donors (Lipinski definition) is 2. The number of aryl methyl sites for hydroxylation is 1. The molecule has 0 atom stereocenters. The minimum atomic E-state index is -0.285. The number of rotatable bonds is 9. The zero-order chi connectivity index (χ0) is 18.9. The molecule has 0 unspecified atom stereocenters. The molecule has 0 saturated carbocycles. The quantitative estimate of drug-likeness (QED) is 0.696. The maximum absolute atomic E-state index is 12.1. The second-order valence-electron chi connectivity index (χ2n) is 5.41. The van der Waals surface area contributed by atoms with Crippen LogP contribution < -0.4 is 20.1 Å². The predicted molar refractivity (Wildman–Crippen MR) is 99.9 cm³/mol. The predicted octanol–water partition coefficient (Wildman–Crippen LogP) is 2.87. The van der Waals surface area contributed by atoms with Gasteiger partial charge < -0.3 is 20.1 Å². The van der Waals surface area contributed by atoms with Crippen molar-refractivity contribution in [1.29, 1.82) is 0 Å². The van der Waals surface area contributed by atoms with E-state index in [-0.39, 0.29) is 24.7 Å². The van der Waals surface area contributed by atoms with Crippen LogP contribution in [0.25, 0.3) is 0 Å². The Morgan fingerprint density at radius 3 is 2.46 bits per heavy atom. The maximum atomic E-state index is 12.1. The molecule has 1 aromatic carbocycles. The fraction of sp³-hybridized carbons (Fsp3) is 0.412. The lowest BCUT2D eigenvalue weighted by Gasteiger charge is -2.11. The van der Waals surface area contributed by atoms with Gasteiger partial charge in [0.25, 0.3) is 0 Å². The SMILES string of the molecule is CCCc1nnc(NC(=O)CCC(=O)Nc2ccc(OC)cc2OC)s1. The van der Waals surface area contributed by atoms with Gasteiger partial charge in [-0.15, -0.1) is 10.2 Å². The highest BCUT2D eigenvalue weighted by Crippen LogP contribution is 2.29. The summed E-state index contributed by atoms with van der Waals surface area (Å²) in [5.41, 5.74) is 0.520. The van der Waals surface area contributed by atoms with Gasteiger partial charge in [0, 0.05) is 25.3 Å². The van der Waals surface area contributed by atoms with Crippen LogP contribution in [0, 0.1) is 0 Å². The number of nitrogens with one attached hydrogen (secondary N) is 2. The minimum Gasteiger partial charge on any atom is -0.497 e. The van der Waals surface area contributed by atoms with E-state index in [0.29, 0.717) is 22.3 Å². The topological polar surface area (TPSA) is 102 Å². The number of carbonyl (C=O) groups excluding carboxylic acids is 2. The second kappa shape index (κ2) is 9.71. The van der Waals surface area contributed by atoms with Crippen LogP contribution >= 0.6 is 11.3 Å². The third-order valence-electron chi connectivity index (χ3n) is 3.44. The van der Waals surface area contributed by atoms with E-state index in [4.69, 9.17) is 9.47 Å². The number of ether oxygens (including phenoxy) is 2. The third-order valence-corrected chi connectivity index (χ3v) is 4.34. The van der Waals surface area contributed by atoms with Crippen LogP contribution in [0.4, 0.5) is 10.8 Å². The first-order valence-electron chi connectivity index (χ1n) is 8.19. The van der Waals surface area contributed by atoms with E-state index in [2.05, 4.69) is 27.8 Å². The lowest BCUT2D eigenvalue weighted by atomic mass is 10.2. The number of hydrogen-bond acceptors (Lipinski definition) is 7. The number of aromatic nitrogens is 2. The van der Waals surface area contributed by atoms with Gasteiger partial charge >= 0.3 is 0 Å². The number of anilines is 2. The molecule has 0 radical (unpaired) electrons. The highest BCUT2D eigenvalue weighted by molar-refractivity contribution is 7.15. The Hall–Kier alpha value is -2.68. The van der Waals surface area contributed by atoms with Gasteiger partial charge in [0.05, 0.1) is 19.9 Å².